The lowest BCUT2D eigenvalue weighted by Gasteiger charge is -2.38. The Morgan fingerprint density at radius 1 is 1.00 bits per heavy atom. The fourth-order valence-electron chi connectivity index (χ4n) is 3.30. The zero-order chi connectivity index (χ0) is 17.9. The molecule has 3 aromatic rings. The van der Waals surface area contributed by atoms with Crippen molar-refractivity contribution in [2.75, 3.05) is 36.4 Å². The van der Waals surface area contributed by atoms with Crippen LogP contribution >= 0.6 is 17.0 Å². The molecule has 0 spiro atoms. The van der Waals surface area contributed by atoms with Crippen LogP contribution in [0.2, 0.25) is 0 Å². The molecule has 1 saturated heterocycles. The zero-order valence-corrected chi connectivity index (χ0v) is 16.8. The van der Waals surface area contributed by atoms with E-state index in [4.69, 9.17) is 0 Å². The minimum atomic E-state index is -0.409. The number of anilines is 2. The van der Waals surface area contributed by atoms with Gasteiger partial charge < -0.3 is 10.2 Å². The number of rotatable bonds is 4. The predicted molar refractivity (Wildman–Crippen MR) is 111 cm³/mol. The zero-order valence-electron chi connectivity index (χ0n) is 15.0. The van der Waals surface area contributed by atoms with Crippen molar-refractivity contribution in [1.82, 2.24) is 19.9 Å². The van der Waals surface area contributed by atoms with E-state index in [1.165, 1.54) is 17.8 Å². The Balaban J connectivity index is 0.00000210. The van der Waals surface area contributed by atoms with Crippen molar-refractivity contribution in [3.63, 3.8) is 0 Å². The molecule has 142 valence electrons. The molecule has 4 rings (SSSR count). The fraction of sp³-hybridized carbons (Fsp3) is 0.316. The number of aromatic nitrogens is 3. The molecule has 8 heteroatoms. The van der Waals surface area contributed by atoms with Crippen LogP contribution in [0.5, 0.6) is 0 Å². The summed E-state index contributed by atoms with van der Waals surface area (Å²) >= 11 is 0. The minimum absolute atomic E-state index is 0. The van der Waals surface area contributed by atoms with Crippen LogP contribution in [0.15, 0.2) is 48.9 Å². The van der Waals surface area contributed by atoms with Gasteiger partial charge in [0.2, 0.25) is 5.95 Å². The summed E-state index contributed by atoms with van der Waals surface area (Å²) in [6.45, 7) is 5.51. The Labute approximate surface area is 168 Å². The Hall–Kier alpha value is -2.32. The van der Waals surface area contributed by atoms with Gasteiger partial charge in [-0.05, 0) is 18.4 Å². The van der Waals surface area contributed by atoms with Gasteiger partial charge in [0.25, 0.3) is 0 Å². The third-order valence-corrected chi connectivity index (χ3v) is 4.77. The van der Waals surface area contributed by atoms with Crippen LogP contribution in [0.4, 0.5) is 16.2 Å². The largest absolute Gasteiger partial charge is 0.354 e. The normalized spacial score (nSPS) is 16.0. The Kier molecular flexibility index (Phi) is 6.18. The average molecular weight is 433 g/mol. The Bertz CT molecular complexity index is 878. The van der Waals surface area contributed by atoms with Crippen LogP contribution in [0, 0.1) is 5.82 Å². The van der Waals surface area contributed by atoms with E-state index < -0.39 is 5.82 Å². The first-order valence-electron chi connectivity index (χ1n) is 8.77. The van der Waals surface area contributed by atoms with Crippen molar-refractivity contribution in [3.05, 3.63) is 54.7 Å². The summed E-state index contributed by atoms with van der Waals surface area (Å²) in [7, 11) is 0. The number of halogens is 2. The van der Waals surface area contributed by atoms with E-state index in [2.05, 4.69) is 49.1 Å². The molecule has 0 bridgehead atoms. The van der Waals surface area contributed by atoms with Gasteiger partial charge in [-0.2, -0.15) is 0 Å². The van der Waals surface area contributed by atoms with Crippen molar-refractivity contribution in [1.29, 1.82) is 0 Å². The van der Waals surface area contributed by atoms with Gasteiger partial charge in [-0.25, -0.2) is 19.3 Å². The third-order valence-electron chi connectivity index (χ3n) is 4.77. The number of benzene rings is 1. The maximum atomic E-state index is 13.0. The summed E-state index contributed by atoms with van der Waals surface area (Å²) in [5.41, 5.74) is 0. The number of hydrogen-bond acceptors (Lipinski definition) is 6. The molecule has 27 heavy (non-hydrogen) atoms. The lowest BCUT2D eigenvalue weighted by atomic mass is 10.1. The van der Waals surface area contributed by atoms with E-state index in [1.807, 2.05) is 24.4 Å². The van der Waals surface area contributed by atoms with E-state index in [0.29, 0.717) is 5.95 Å². The summed E-state index contributed by atoms with van der Waals surface area (Å²) in [5, 5.41) is 5.83. The molecule has 1 N–H and O–H groups in total. The number of fused-ring (bicyclic) bond motifs is 1. The second kappa shape index (κ2) is 8.58. The first kappa shape index (κ1) is 19.4. The molecule has 1 aromatic carbocycles. The summed E-state index contributed by atoms with van der Waals surface area (Å²) in [6, 6.07) is 10.3. The Morgan fingerprint density at radius 2 is 1.70 bits per heavy atom. The van der Waals surface area contributed by atoms with Gasteiger partial charge in [0.15, 0.2) is 5.82 Å². The summed E-state index contributed by atoms with van der Waals surface area (Å²) in [6.07, 6.45) is 4.42. The quantitative estimate of drug-likeness (QED) is 0.682. The van der Waals surface area contributed by atoms with E-state index in [-0.39, 0.29) is 23.1 Å². The first-order valence-corrected chi connectivity index (χ1v) is 8.77. The van der Waals surface area contributed by atoms with Gasteiger partial charge in [-0.15, -0.1) is 17.0 Å². The van der Waals surface area contributed by atoms with E-state index in [1.54, 1.807) is 0 Å². The molecule has 0 radical (unpaired) electrons. The minimum Gasteiger partial charge on any atom is -0.354 e. The maximum absolute atomic E-state index is 13.0. The second-order valence-electron chi connectivity index (χ2n) is 6.43. The highest BCUT2D eigenvalue weighted by Gasteiger charge is 2.23. The van der Waals surface area contributed by atoms with E-state index in [0.717, 1.165) is 37.4 Å². The number of pyridine rings is 1. The molecule has 1 unspecified atom stereocenters. The summed E-state index contributed by atoms with van der Waals surface area (Å²) in [5.74, 6) is 1.08. The van der Waals surface area contributed by atoms with Crippen molar-refractivity contribution >= 4 is 39.5 Å². The average Bonchev–Trinajstić information content (AvgIpc) is 2.69. The molecular formula is C19H22BrFN6. The van der Waals surface area contributed by atoms with Crippen LogP contribution in [-0.4, -0.2) is 52.2 Å². The number of piperazine rings is 1. The fourth-order valence-corrected chi connectivity index (χ4v) is 3.30. The van der Waals surface area contributed by atoms with Gasteiger partial charge in [0, 0.05) is 37.8 Å². The first-order chi connectivity index (χ1) is 12.7. The maximum Gasteiger partial charge on any atom is 0.225 e. The van der Waals surface area contributed by atoms with Crippen molar-refractivity contribution < 1.29 is 4.39 Å². The molecule has 1 aliphatic rings. The van der Waals surface area contributed by atoms with Crippen LogP contribution in [-0.2, 0) is 0 Å². The highest BCUT2D eigenvalue weighted by molar-refractivity contribution is 8.93. The van der Waals surface area contributed by atoms with Gasteiger partial charge in [-0.1, -0.05) is 24.3 Å². The SMILES string of the molecule is Br.CC(Nc1nccc2ccccc12)N1CCN(c2ncc(F)cn2)CC1. The third kappa shape index (κ3) is 4.33. The molecule has 2 aromatic heterocycles. The lowest BCUT2D eigenvalue weighted by Crippen LogP contribution is -2.52. The highest BCUT2D eigenvalue weighted by atomic mass is 79.9. The van der Waals surface area contributed by atoms with E-state index >= 15 is 0 Å². The predicted octanol–water partition coefficient (Wildman–Crippen LogP) is 3.32. The van der Waals surface area contributed by atoms with Crippen molar-refractivity contribution in [3.8, 4) is 0 Å². The summed E-state index contributed by atoms with van der Waals surface area (Å²) in [4.78, 5) is 17.1. The monoisotopic (exact) mass is 432 g/mol. The Morgan fingerprint density at radius 3 is 2.44 bits per heavy atom. The van der Waals surface area contributed by atoms with Crippen LogP contribution < -0.4 is 10.2 Å². The van der Waals surface area contributed by atoms with Gasteiger partial charge in [0.1, 0.15) is 5.82 Å². The molecule has 1 atom stereocenters. The van der Waals surface area contributed by atoms with Crippen molar-refractivity contribution in [2.45, 2.75) is 13.1 Å². The van der Waals surface area contributed by atoms with Gasteiger partial charge in [-0.3, -0.25) is 4.90 Å². The molecule has 1 aliphatic heterocycles. The second-order valence-corrected chi connectivity index (χ2v) is 6.43. The summed E-state index contributed by atoms with van der Waals surface area (Å²) < 4.78 is 13.0. The molecule has 0 aliphatic carbocycles. The molecule has 0 amide bonds. The standard InChI is InChI=1S/C19H21FN6.BrH/c1-14(24-18-17-5-3-2-4-15(17)6-7-21-18)25-8-10-26(11-9-25)19-22-12-16(20)13-23-19;/h2-7,12-14H,8-11H2,1H3,(H,21,24);1H. The highest BCUT2D eigenvalue weighted by Crippen LogP contribution is 2.22. The van der Waals surface area contributed by atoms with Crippen molar-refractivity contribution in [2.24, 2.45) is 0 Å². The molecule has 6 nitrogen and oxygen atoms in total. The number of hydrogen-bond donors (Lipinski definition) is 1. The van der Waals surface area contributed by atoms with E-state index in [9.17, 15) is 4.39 Å². The lowest BCUT2D eigenvalue weighted by molar-refractivity contribution is 0.214. The molecule has 3 heterocycles. The molecule has 1 fully saturated rings. The van der Waals surface area contributed by atoms with Crippen LogP contribution in [0.1, 0.15) is 6.92 Å². The topological polar surface area (TPSA) is 57.2 Å². The number of nitrogens with one attached hydrogen (secondary N) is 1. The van der Waals surface area contributed by atoms with Crippen LogP contribution in [0.25, 0.3) is 10.8 Å². The molecular weight excluding hydrogens is 411 g/mol. The number of nitrogens with zero attached hydrogens (tertiary/aromatic N) is 5. The van der Waals surface area contributed by atoms with Crippen LogP contribution in [0.3, 0.4) is 0 Å². The van der Waals surface area contributed by atoms with Gasteiger partial charge in [0.05, 0.1) is 18.6 Å². The molecule has 0 saturated carbocycles. The van der Waals surface area contributed by atoms with Gasteiger partial charge >= 0.3 is 0 Å². The smallest absolute Gasteiger partial charge is 0.225 e.